The Morgan fingerprint density at radius 3 is 2.33 bits per heavy atom. The topological polar surface area (TPSA) is 78.2 Å². The van der Waals surface area contributed by atoms with Gasteiger partial charge < -0.3 is 5.11 Å². The van der Waals surface area contributed by atoms with Crippen LogP contribution in [-0.4, -0.2) is 16.9 Å². The summed E-state index contributed by atoms with van der Waals surface area (Å²) in [6.07, 6.45) is 0.106. The Morgan fingerprint density at radius 1 is 1.10 bits per heavy atom. The molecular weight excluding hydrogens is 266 g/mol. The summed E-state index contributed by atoms with van der Waals surface area (Å²) in [6, 6.07) is 13.4. The zero-order valence-electron chi connectivity index (χ0n) is 11.5. The van der Waals surface area contributed by atoms with Crippen LogP contribution in [0, 0.1) is 18.3 Å². The van der Waals surface area contributed by atoms with Gasteiger partial charge in [-0.1, -0.05) is 29.8 Å². The van der Waals surface area contributed by atoms with E-state index in [4.69, 9.17) is 5.26 Å². The third-order valence-corrected chi connectivity index (χ3v) is 3.15. The number of rotatable bonds is 4. The van der Waals surface area contributed by atoms with Crippen molar-refractivity contribution in [3.8, 4) is 6.07 Å². The highest BCUT2D eigenvalue weighted by Gasteiger charge is 2.16. The first-order valence-electron chi connectivity index (χ1n) is 6.37. The minimum absolute atomic E-state index is 0.0219. The van der Waals surface area contributed by atoms with Crippen LogP contribution in [-0.2, 0) is 6.42 Å². The highest BCUT2D eigenvalue weighted by molar-refractivity contribution is 6.06. The molecule has 4 nitrogen and oxygen atoms in total. The number of hydrogen-bond acceptors (Lipinski definition) is 3. The van der Waals surface area contributed by atoms with E-state index in [1.807, 2.05) is 6.07 Å². The number of carbonyl (C=O) groups is 2. The molecule has 0 aliphatic heterocycles. The zero-order chi connectivity index (χ0) is 15.4. The van der Waals surface area contributed by atoms with E-state index in [9.17, 15) is 14.7 Å². The van der Waals surface area contributed by atoms with Crippen LogP contribution in [0.3, 0.4) is 0 Å². The van der Waals surface area contributed by atoms with Gasteiger partial charge in [0.15, 0.2) is 5.78 Å². The summed E-state index contributed by atoms with van der Waals surface area (Å²) in [6.45, 7) is 1.78. The number of aryl methyl sites for hydroxylation is 1. The monoisotopic (exact) mass is 279 g/mol. The molecule has 104 valence electrons. The van der Waals surface area contributed by atoms with Crippen LogP contribution in [0.2, 0.25) is 0 Å². The molecule has 0 aliphatic carbocycles. The van der Waals surface area contributed by atoms with Crippen molar-refractivity contribution in [2.24, 2.45) is 0 Å². The second kappa shape index (κ2) is 6.02. The maximum atomic E-state index is 12.3. The van der Waals surface area contributed by atoms with Crippen molar-refractivity contribution in [1.82, 2.24) is 0 Å². The van der Waals surface area contributed by atoms with Crippen molar-refractivity contribution < 1.29 is 14.7 Å². The molecule has 0 radical (unpaired) electrons. The number of benzene rings is 2. The molecule has 0 saturated carbocycles. The van der Waals surface area contributed by atoms with Crippen LogP contribution in [0.1, 0.15) is 37.4 Å². The van der Waals surface area contributed by atoms with Crippen molar-refractivity contribution in [3.05, 3.63) is 70.3 Å². The van der Waals surface area contributed by atoms with E-state index >= 15 is 0 Å². The molecule has 0 aromatic heterocycles. The summed E-state index contributed by atoms with van der Waals surface area (Å²) in [5, 5.41) is 17.9. The average molecular weight is 279 g/mol. The van der Waals surface area contributed by atoms with Gasteiger partial charge in [-0.05, 0) is 30.7 Å². The lowest BCUT2D eigenvalue weighted by Crippen LogP contribution is -2.11. The number of ketones is 1. The summed E-state index contributed by atoms with van der Waals surface area (Å²) in [4.78, 5) is 23.5. The summed E-state index contributed by atoms with van der Waals surface area (Å²) in [5.41, 5.74) is 2.29. The van der Waals surface area contributed by atoms with Crippen LogP contribution in [0.15, 0.2) is 42.5 Å². The zero-order valence-corrected chi connectivity index (χ0v) is 11.5. The van der Waals surface area contributed by atoms with Crippen molar-refractivity contribution >= 4 is 11.8 Å². The minimum Gasteiger partial charge on any atom is -0.478 e. The molecule has 0 aliphatic rings. The van der Waals surface area contributed by atoms with Crippen LogP contribution >= 0.6 is 0 Å². The summed E-state index contributed by atoms with van der Waals surface area (Å²) >= 11 is 0. The molecule has 0 amide bonds. The van der Waals surface area contributed by atoms with Gasteiger partial charge in [-0.3, -0.25) is 4.79 Å². The molecule has 0 atom stereocenters. The van der Waals surface area contributed by atoms with Crippen molar-refractivity contribution in [3.63, 3.8) is 0 Å². The van der Waals surface area contributed by atoms with E-state index in [0.29, 0.717) is 5.56 Å². The average Bonchev–Trinajstić information content (AvgIpc) is 2.47. The minimum atomic E-state index is -1.11. The Balaban J connectivity index is 2.28. The van der Waals surface area contributed by atoms with Gasteiger partial charge in [0.1, 0.15) is 0 Å². The molecule has 0 unspecified atom stereocenters. The number of aromatic carboxylic acids is 1. The van der Waals surface area contributed by atoms with Crippen LogP contribution < -0.4 is 0 Å². The van der Waals surface area contributed by atoms with E-state index in [-0.39, 0.29) is 23.3 Å². The lowest BCUT2D eigenvalue weighted by molar-refractivity contribution is 0.0692. The van der Waals surface area contributed by atoms with Gasteiger partial charge in [-0.2, -0.15) is 5.26 Å². The number of carboxylic acids is 1. The molecule has 0 heterocycles. The third-order valence-electron chi connectivity index (χ3n) is 3.15. The second-order valence-electron chi connectivity index (χ2n) is 4.76. The standard InChI is InChI=1S/C17H13NO3/c1-11-2-7-14(15(8-11)17(20)21)16(19)9-12-3-5-13(10-18)6-4-12/h2-8H,9H2,1H3,(H,20,21). The summed E-state index contributed by atoms with van der Waals surface area (Å²) in [7, 11) is 0. The maximum Gasteiger partial charge on any atom is 0.336 e. The fraction of sp³-hybridized carbons (Fsp3) is 0.118. The number of Topliss-reactive ketones (excluding diaryl/α,β-unsaturated/α-hetero) is 1. The number of hydrogen-bond donors (Lipinski definition) is 1. The van der Waals surface area contributed by atoms with Gasteiger partial charge in [-0.15, -0.1) is 0 Å². The molecule has 0 fully saturated rings. The molecule has 4 heteroatoms. The SMILES string of the molecule is Cc1ccc(C(=O)Cc2ccc(C#N)cc2)c(C(=O)O)c1. The fourth-order valence-electron chi connectivity index (χ4n) is 2.06. The Kier molecular flexibility index (Phi) is 4.15. The van der Waals surface area contributed by atoms with Gasteiger partial charge in [0, 0.05) is 12.0 Å². The Bertz CT molecular complexity index is 740. The van der Waals surface area contributed by atoms with E-state index in [0.717, 1.165) is 11.1 Å². The first-order valence-corrected chi connectivity index (χ1v) is 6.37. The Hall–Kier alpha value is -2.93. The lowest BCUT2D eigenvalue weighted by atomic mass is 9.96. The number of carbonyl (C=O) groups excluding carboxylic acids is 1. The number of nitrogens with zero attached hydrogens (tertiary/aromatic N) is 1. The molecule has 1 N–H and O–H groups in total. The van der Waals surface area contributed by atoms with Crippen LogP contribution in [0.25, 0.3) is 0 Å². The van der Waals surface area contributed by atoms with Gasteiger partial charge in [0.2, 0.25) is 0 Å². The molecule has 21 heavy (non-hydrogen) atoms. The Labute approximate surface area is 122 Å². The lowest BCUT2D eigenvalue weighted by Gasteiger charge is -2.07. The summed E-state index contributed by atoms with van der Waals surface area (Å²) in [5.74, 6) is -1.36. The van der Waals surface area contributed by atoms with Crippen LogP contribution in [0.5, 0.6) is 0 Å². The first-order chi connectivity index (χ1) is 10.0. The summed E-state index contributed by atoms with van der Waals surface area (Å²) < 4.78 is 0. The highest BCUT2D eigenvalue weighted by Crippen LogP contribution is 2.15. The Morgan fingerprint density at radius 2 is 1.76 bits per heavy atom. The van der Waals surface area contributed by atoms with E-state index < -0.39 is 5.97 Å². The fourth-order valence-corrected chi connectivity index (χ4v) is 2.06. The molecule has 0 spiro atoms. The van der Waals surface area contributed by atoms with Gasteiger partial charge in [-0.25, -0.2) is 4.79 Å². The molecule has 2 rings (SSSR count). The van der Waals surface area contributed by atoms with E-state index in [1.165, 1.54) is 6.07 Å². The third kappa shape index (κ3) is 3.34. The molecule has 0 saturated heterocycles. The van der Waals surface area contributed by atoms with E-state index in [2.05, 4.69) is 0 Å². The predicted octanol–water partition coefficient (Wildman–Crippen LogP) is 2.99. The largest absolute Gasteiger partial charge is 0.478 e. The quantitative estimate of drug-likeness (QED) is 0.873. The van der Waals surface area contributed by atoms with Gasteiger partial charge in [0.25, 0.3) is 0 Å². The molecule has 2 aromatic carbocycles. The molecule has 0 bridgehead atoms. The van der Waals surface area contributed by atoms with Gasteiger partial charge in [0.05, 0.1) is 17.2 Å². The number of carboxylic acid groups (broad SMARTS) is 1. The van der Waals surface area contributed by atoms with Gasteiger partial charge >= 0.3 is 5.97 Å². The van der Waals surface area contributed by atoms with Crippen molar-refractivity contribution in [2.45, 2.75) is 13.3 Å². The molecular formula is C17H13NO3. The first kappa shape index (κ1) is 14.5. The highest BCUT2D eigenvalue weighted by atomic mass is 16.4. The predicted molar refractivity (Wildman–Crippen MR) is 77.3 cm³/mol. The smallest absolute Gasteiger partial charge is 0.336 e. The van der Waals surface area contributed by atoms with Crippen molar-refractivity contribution in [1.29, 1.82) is 5.26 Å². The second-order valence-corrected chi connectivity index (χ2v) is 4.76. The number of nitriles is 1. The van der Waals surface area contributed by atoms with Crippen LogP contribution in [0.4, 0.5) is 0 Å². The van der Waals surface area contributed by atoms with E-state index in [1.54, 1.807) is 43.3 Å². The molecule has 2 aromatic rings. The maximum absolute atomic E-state index is 12.3. The van der Waals surface area contributed by atoms with Crippen molar-refractivity contribution in [2.75, 3.05) is 0 Å². The normalized spacial score (nSPS) is 9.90.